The summed E-state index contributed by atoms with van der Waals surface area (Å²) >= 11 is 3.74. The maximum atomic E-state index is 4.79. The van der Waals surface area contributed by atoms with E-state index in [0.29, 0.717) is 0 Å². The Bertz CT molecular complexity index is 2320. The van der Waals surface area contributed by atoms with Crippen LogP contribution >= 0.6 is 5.51 Å². The summed E-state index contributed by atoms with van der Waals surface area (Å²) in [5.74, 6) is 0. The van der Waals surface area contributed by atoms with Gasteiger partial charge in [0.05, 0.1) is 0 Å². The topological polar surface area (TPSA) is 12.9 Å². The zero-order valence-corrected chi connectivity index (χ0v) is 25.4. The van der Waals surface area contributed by atoms with Crippen LogP contribution in [0, 0.1) is 0 Å². The Morgan fingerprint density at radius 1 is 0.429 bits per heavy atom. The summed E-state index contributed by atoms with van der Waals surface area (Å²) in [6.07, 6.45) is 1.89. The number of nitrogens with zero attached hydrogens (tertiary/aromatic N) is 1. The van der Waals surface area contributed by atoms with Gasteiger partial charge < -0.3 is 0 Å². The van der Waals surface area contributed by atoms with Crippen molar-refractivity contribution in [3.8, 4) is 11.1 Å². The molecule has 1 unspecified atom stereocenters. The zero-order valence-electron chi connectivity index (χ0n) is 22.8. The first kappa shape index (κ1) is 25.4. The Balaban J connectivity index is 1.35. The van der Waals surface area contributed by atoms with Gasteiger partial charge in [0.15, 0.2) is 0 Å². The third-order valence-corrected chi connectivity index (χ3v) is 15.4. The molecule has 0 fully saturated rings. The quantitative estimate of drug-likeness (QED) is 0.0832. The van der Waals surface area contributed by atoms with E-state index in [1.165, 1.54) is 64.7 Å². The zero-order chi connectivity index (χ0) is 28.1. The number of benzene rings is 7. The van der Waals surface area contributed by atoms with E-state index in [9.17, 15) is 0 Å². The van der Waals surface area contributed by atoms with Gasteiger partial charge in [-0.25, -0.2) is 0 Å². The fourth-order valence-electron chi connectivity index (χ4n) is 6.30. The molecule has 198 valence electrons. The van der Waals surface area contributed by atoms with Gasteiger partial charge in [0.1, 0.15) is 0 Å². The van der Waals surface area contributed by atoms with Crippen molar-refractivity contribution >= 4 is 79.7 Å². The van der Waals surface area contributed by atoms with E-state index >= 15 is 0 Å². The minimum absolute atomic E-state index is 1.02. The van der Waals surface area contributed by atoms with Crippen LogP contribution in [0.2, 0.25) is 0 Å². The summed E-state index contributed by atoms with van der Waals surface area (Å²) in [7, 11) is 0. The van der Waals surface area contributed by atoms with E-state index in [0.717, 1.165) is 5.52 Å². The molecule has 0 aliphatic heterocycles. The van der Waals surface area contributed by atoms with Crippen molar-refractivity contribution in [1.82, 2.24) is 4.98 Å². The van der Waals surface area contributed by atoms with Gasteiger partial charge in [0.2, 0.25) is 0 Å². The minimum atomic E-state index is -2.01. The van der Waals surface area contributed by atoms with Gasteiger partial charge in [0, 0.05) is 0 Å². The molecule has 0 saturated heterocycles. The molecule has 7 aromatic carbocycles. The number of hydrogen-bond acceptors (Lipinski definition) is 1. The molecule has 0 bridgehead atoms. The Morgan fingerprint density at radius 2 is 1.07 bits per heavy atom. The summed E-state index contributed by atoms with van der Waals surface area (Å²) in [5, 5.41) is 12.7. The molecule has 8 aromatic rings. The van der Waals surface area contributed by atoms with Gasteiger partial charge >= 0.3 is 254 Å². The van der Waals surface area contributed by atoms with E-state index < -0.39 is 5.51 Å². The van der Waals surface area contributed by atoms with E-state index in [2.05, 4.69) is 161 Å². The molecule has 0 amide bonds. The second kappa shape index (κ2) is 10.2. The van der Waals surface area contributed by atoms with Gasteiger partial charge in [0.25, 0.3) is 0 Å². The molecule has 1 heterocycles. The van der Waals surface area contributed by atoms with Gasteiger partial charge in [-0.3, -0.25) is 0 Å². The average Bonchev–Trinajstić information content (AvgIpc) is 3.07. The van der Waals surface area contributed by atoms with Crippen molar-refractivity contribution < 1.29 is 0 Å². The molecule has 0 N–H and O–H groups in total. The number of aromatic nitrogens is 1. The van der Waals surface area contributed by atoms with Gasteiger partial charge in [-0.1, -0.05) is 0 Å². The van der Waals surface area contributed by atoms with E-state index in [1.54, 1.807) is 0 Å². The van der Waals surface area contributed by atoms with Gasteiger partial charge in [-0.15, -0.1) is 0 Å². The Labute approximate surface area is 252 Å². The molecular formula is C39H26NPSe. The number of fused-ring (bicyclic) bond motifs is 5. The predicted molar refractivity (Wildman–Crippen MR) is 184 cm³/mol. The first-order chi connectivity index (χ1) is 20.7. The number of rotatable bonds is 4. The molecule has 1 aromatic heterocycles. The van der Waals surface area contributed by atoms with Crippen molar-refractivity contribution in [3.63, 3.8) is 0 Å². The Morgan fingerprint density at radius 3 is 1.90 bits per heavy atom. The van der Waals surface area contributed by atoms with Gasteiger partial charge in [-0.05, 0) is 0 Å². The van der Waals surface area contributed by atoms with Crippen LogP contribution in [0.25, 0.3) is 54.3 Å². The van der Waals surface area contributed by atoms with E-state index in [1.807, 2.05) is 12.3 Å². The third-order valence-electron chi connectivity index (χ3n) is 8.37. The second-order valence-electron chi connectivity index (χ2n) is 10.7. The van der Waals surface area contributed by atoms with Crippen molar-refractivity contribution in [1.29, 1.82) is 0 Å². The fraction of sp³-hybridized carbons (Fsp3) is 0. The molecule has 0 radical (unpaired) electrons. The van der Waals surface area contributed by atoms with Crippen molar-refractivity contribution in [2.24, 2.45) is 0 Å². The summed E-state index contributed by atoms with van der Waals surface area (Å²) < 4.78 is 0. The monoisotopic (exact) mass is 619 g/mol. The third kappa shape index (κ3) is 4.07. The van der Waals surface area contributed by atoms with Crippen LogP contribution in [0.5, 0.6) is 0 Å². The molecule has 42 heavy (non-hydrogen) atoms. The first-order valence-corrected chi connectivity index (χ1v) is 18.2. The van der Waals surface area contributed by atoms with Crippen LogP contribution in [0.4, 0.5) is 0 Å². The van der Waals surface area contributed by atoms with Crippen molar-refractivity contribution in [2.75, 3.05) is 0 Å². The van der Waals surface area contributed by atoms with Crippen LogP contribution < -0.4 is 15.9 Å². The summed E-state index contributed by atoms with van der Waals surface area (Å²) in [6, 6.07) is 55.4. The van der Waals surface area contributed by atoms with Crippen LogP contribution in [0.15, 0.2) is 158 Å². The van der Waals surface area contributed by atoms with Crippen LogP contribution in [-0.4, -0.2) is 20.1 Å². The van der Waals surface area contributed by atoms with E-state index in [-0.39, 0.29) is 0 Å². The van der Waals surface area contributed by atoms with Crippen LogP contribution in [0.3, 0.4) is 0 Å². The molecule has 0 spiro atoms. The van der Waals surface area contributed by atoms with Crippen LogP contribution in [-0.2, 0) is 0 Å². The summed E-state index contributed by atoms with van der Waals surface area (Å²) in [6.45, 7) is 0. The molecular weight excluding hydrogens is 592 g/mol. The number of pyridine rings is 1. The summed E-state index contributed by atoms with van der Waals surface area (Å²) in [4.78, 5) is 4.79. The number of hydrogen-bond donors (Lipinski definition) is 0. The normalized spacial score (nSPS) is 13.0. The van der Waals surface area contributed by atoms with Crippen molar-refractivity contribution in [2.45, 2.75) is 0 Å². The fourth-order valence-corrected chi connectivity index (χ4v) is 11.2. The Hall–Kier alpha value is -4.32. The first-order valence-electron chi connectivity index (χ1n) is 14.2. The molecule has 0 aliphatic carbocycles. The Kier molecular flexibility index (Phi) is 6.16. The molecule has 8 rings (SSSR count). The molecule has 0 aliphatic rings. The predicted octanol–water partition coefficient (Wildman–Crippen LogP) is 8.74. The van der Waals surface area contributed by atoms with Crippen molar-refractivity contribution in [3.05, 3.63) is 158 Å². The summed E-state index contributed by atoms with van der Waals surface area (Å²) in [5.41, 5.74) is 1.45. The average molecular weight is 619 g/mol. The molecule has 1 atom stereocenters. The molecule has 0 saturated carbocycles. The SMILES string of the molecule is [Se]=P(c1ccccc1)(c1ccc(-c2c3cccnc3cc3c2ccc2ccccc23)cc1)c1ccc2ccccc2c1. The molecule has 1 nitrogen and oxygen atoms in total. The van der Waals surface area contributed by atoms with Crippen LogP contribution in [0.1, 0.15) is 0 Å². The van der Waals surface area contributed by atoms with E-state index in [4.69, 9.17) is 4.98 Å². The second-order valence-corrected chi connectivity index (χ2v) is 16.9. The maximum absolute atomic E-state index is 4.79. The molecule has 3 heteroatoms. The standard InChI is InChI=1S/C39H26NPSe/c42-41(31-12-2-1-3-13-31,33-22-16-27-9-4-5-11-30(27)25-33)32-20-17-29(18-21-32)39-35-23-19-28-10-6-7-14-34(28)37(35)26-38-36(39)15-8-24-40-38/h1-26H. The van der Waals surface area contributed by atoms with Gasteiger partial charge in [-0.2, -0.15) is 0 Å².